The van der Waals surface area contributed by atoms with Crippen LogP contribution in [0.4, 0.5) is 18.9 Å². The Morgan fingerprint density at radius 1 is 1.29 bits per heavy atom. The minimum atomic E-state index is -3.90. The zero-order valence-electron chi connectivity index (χ0n) is 9.09. The average molecular weight is 268 g/mol. The minimum absolute atomic E-state index is 0.362. The van der Waals surface area contributed by atoms with E-state index in [2.05, 4.69) is 0 Å². The Morgan fingerprint density at radius 3 is 2.24 bits per heavy atom. The second kappa shape index (κ2) is 4.53. The van der Waals surface area contributed by atoms with Gasteiger partial charge in [-0.25, -0.2) is 21.6 Å². The fourth-order valence-corrected chi connectivity index (χ4v) is 1.78. The van der Waals surface area contributed by atoms with Gasteiger partial charge >= 0.3 is 0 Å². The molecule has 0 aliphatic rings. The zero-order valence-corrected chi connectivity index (χ0v) is 9.91. The number of anilines is 1. The number of sulfonamides is 1. The molecular formula is C9H11F3N2O2S. The van der Waals surface area contributed by atoms with E-state index in [9.17, 15) is 21.6 Å². The molecule has 1 aromatic carbocycles. The molecule has 0 aliphatic heterocycles. The number of hydrogen-bond donors (Lipinski definition) is 2. The van der Waals surface area contributed by atoms with Crippen molar-refractivity contribution in [1.29, 1.82) is 0 Å². The van der Waals surface area contributed by atoms with E-state index < -0.39 is 39.2 Å². The summed E-state index contributed by atoms with van der Waals surface area (Å²) in [5, 5.41) is 0. The van der Waals surface area contributed by atoms with E-state index in [4.69, 9.17) is 5.73 Å². The molecule has 0 heterocycles. The second-order valence-corrected chi connectivity index (χ2v) is 5.36. The van der Waals surface area contributed by atoms with Gasteiger partial charge in [-0.15, -0.1) is 0 Å². The molecular weight excluding hydrogens is 257 g/mol. The quantitative estimate of drug-likeness (QED) is 0.816. The number of hydrogen-bond acceptors (Lipinski definition) is 3. The molecule has 0 fully saturated rings. The van der Waals surface area contributed by atoms with E-state index in [0.717, 1.165) is 0 Å². The van der Waals surface area contributed by atoms with Gasteiger partial charge in [0.25, 0.3) is 0 Å². The highest BCUT2D eigenvalue weighted by molar-refractivity contribution is 7.92. The molecule has 3 N–H and O–H groups in total. The lowest BCUT2D eigenvalue weighted by Crippen LogP contribution is -2.16. The van der Waals surface area contributed by atoms with E-state index in [1.807, 2.05) is 0 Å². The first kappa shape index (κ1) is 13.8. The van der Waals surface area contributed by atoms with Crippen molar-refractivity contribution in [2.45, 2.75) is 13.0 Å². The monoisotopic (exact) mass is 268 g/mol. The van der Waals surface area contributed by atoms with Crippen LogP contribution in [0.25, 0.3) is 0 Å². The standard InChI is InChI=1S/C9H11F3N2O2S/c1-4(13)5-3-6(10)9(8(12)7(5)11)14-17(2,15)16/h3-4,14H,13H2,1-2H3. The molecule has 1 unspecified atom stereocenters. The predicted octanol–water partition coefficient (Wildman–Crippen LogP) is 1.50. The second-order valence-electron chi connectivity index (χ2n) is 3.61. The number of halogens is 3. The van der Waals surface area contributed by atoms with Crippen molar-refractivity contribution in [3.05, 3.63) is 29.1 Å². The molecule has 8 heteroatoms. The summed E-state index contributed by atoms with van der Waals surface area (Å²) in [6, 6.07) is -0.248. The molecule has 0 bridgehead atoms. The van der Waals surface area contributed by atoms with E-state index >= 15 is 0 Å². The summed E-state index contributed by atoms with van der Waals surface area (Å²) >= 11 is 0. The molecule has 0 radical (unpaired) electrons. The number of rotatable bonds is 3. The van der Waals surface area contributed by atoms with Crippen molar-refractivity contribution in [2.75, 3.05) is 11.0 Å². The first-order valence-corrected chi connectivity index (χ1v) is 6.43. The molecule has 0 aliphatic carbocycles. The van der Waals surface area contributed by atoms with Crippen LogP contribution >= 0.6 is 0 Å². The summed E-state index contributed by atoms with van der Waals surface area (Å²) in [5.74, 6) is -4.20. The highest BCUT2D eigenvalue weighted by Gasteiger charge is 2.22. The Hall–Kier alpha value is -1.28. The summed E-state index contributed by atoms with van der Waals surface area (Å²) in [6.45, 7) is 1.35. The summed E-state index contributed by atoms with van der Waals surface area (Å²) < 4.78 is 63.5. The third kappa shape index (κ3) is 3.10. The normalized spacial score (nSPS) is 13.5. The molecule has 0 amide bonds. The van der Waals surface area contributed by atoms with Gasteiger partial charge in [-0.1, -0.05) is 0 Å². The molecule has 0 saturated heterocycles. The minimum Gasteiger partial charge on any atom is -0.324 e. The van der Waals surface area contributed by atoms with Gasteiger partial charge in [0.05, 0.1) is 6.26 Å². The van der Waals surface area contributed by atoms with E-state index in [1.165, 1.54) is 6.92 Å². The number of nitrogens with two attached hydrogens (primary N) is 1. The number of benzene rings is 1. The highest BCUT2D eigenvalue weighted by Crippen LogP contribution is 2.27. The Labute approximate surface area is 96.7 Å². The van der Waals surface area contributed by atoms with Gasteiger partial charge in [-0.2, -0.15) is 0 Å². The van der Waals surface area contributed by atoms with Crippen molar-refractivity contribution < 1.29 is 21.6 Å². The van der Waals surface area contributed by atoms with Crippen molar-refractivity contribution in [1.82, 2.24) is 0 Å². The van der Waals surface area contributed by atoms with Crippen LogP contribution in [-0.4, -0.2) is 14.7 Å². The molecule has 0 aromatic heterocycles. The van der Waals surface area contributed by atoms with Gasteiger partial charge in [0.2, 0.25) is 10.0 Å². The van der Waals surface area contributed by atoms with Crippen molar-refractivity contribution in [3.8, 4) is 0 Å². The summed E-state index contributed by atoms with van der Waals surface area (Å²) in [4.78, 5) is 0. The highest BCUT2D eigenvalue weighted by atomic mass is 32.2. The van der Waals surface area contributed by atoms with E-state index in [1.54, 1.807) is 4.72 Å². The van der Waals surface area contributed by atoms with Crippen molar-refractivity contribution in [2.24, 2.45) is 5.73 Å². The van der Waals surface area contributed by atoms with Crippen LogP contribution in [0, 0.1) is 17.5 Å². The molecule has 1 rings (SSSR count). The fraction of sp³-hybridized carbons (Fsp3) is 0.333. The molecule has 0 saturated carbocycles. The summed E-state index contributed by atoms with van der Waals surface area (Å²) in [6.07, 6.45) is 0.698. The third-order valence-electron chi connectivity index (χ3n) is 1.96. The topological polar surface area (TPSA) is 72.2 Å². The van der Waals surface area contributed by atoms with Crippen LogP contribution in [0.2, 0.25) is 0 Å². The molecule has 96 valence electrons. The van der Waals surface area contributed by atoms with Crippen LogP contribution in [0.3, 0.4) is 0 Å². The van der Waals surface area contributed by atoms with Crippen molar-refractivity contribution >= 4 is 15.7 Å². The van der Waals surface area contributed by atoms with Crippen LogP contribution in [0.5, 0.6) is 0 Å². The molecule has 1 atom stereocenters. The molecule has 1 aromatic rings. The maximum atomic E-state index is 13.4. The maximum Gasteiger partial charge on any atom is 0.230 e. The first-order chi connectivity index (χ1) is 7.63. The molecule has 0 spiro atoms. The Morgan fingerprint density at radius 2 is 1.82 bits per heavy atom. The van der Waals surface area contributed by atoms with Gasteiger partial charge < -0.3 is 5.73 Å². The van der Waals surface area contributed by atoms with Gasteiger partial charge in [0.1, 0.15) is 5.69 Å². The van der Waals surface area contributed by atoms with E-state index in [-0.39, 0.29) is 5.56 Å². The van der Waals surface area contributed by atoms with Gasteiger partial charge in [-0.05, 0) is 13.0 Å². The lowest BCUT2D eigenvalue weighted by atomic mass is 10.1. The van der Waals surface area contributed by atoms with Gasteiger partial charge in [-0.3, -0.25) is 4.72 Å². The summed E-state index contributed by atoms with van der Waals surface area (Å²) in [7, 11) is -3.90. The van der Waals surface area contributed by atoms with Crippen molar-refractivity contribution in [3.63, 3.8) is 0 Å². The van der Waals surface area contributed by atoms with Crippen LogP contribution < -0.4 is 10.5 Å². The average Bonchev–Trinajstić information content (AvgIpc) is 2.16. The first-order valence-electron chi connectivity index (χ1n) is 4.54. The van der Waals surface area contributed by atoms with Gasteiger partial charge in [0, 0.05) is 11.6 Å². The lowest BCUT2D eigenvalue weighted by molar-refractivity contribution is 0.483. The largest absolute Gasteiger partial charge is 0.324 e. The van der Waals surface area contributed by atoms with Crippen LogP contribution in [-0.2, 0) is 10.0 Å². The smallest absolute Gasteiger partial charge is 0.230 e. The Balaban J connectivity index is 3.41. The predicted molar refractivity (Wildman–Crippen MR) is 57.4 cm³/mol. The van der Waals surface area contributed by atoms with Crippen LogP contribution in [0.15, 0.2) is 6.07 Å². The lowest BCUT2D eigenvalue weighted by Gasteiger charge is -2.12. The van der Waals surface area contributed by atoms with Gasteiger partial charge in [0.15, 0.2) is 17.5 Å². The fourth-order valence-electron chi connectivity index (χ4n) is 1.22. The maximum absolute atomic E-state index is 13.4. The molecule has 17 heavy (non-hydrogen) atoms. The zero-order chi connectivity index (χ0) is 13.4. The third-order valence-corrected chi connectivity index (χ3v) is 2.54. The SMILES string of the molecule is CC(N)c1cc(F)c(NS(C)(=O)=O)c(F)c1F. The Bertz CT molecular complexity index is 544. The van der Waals surface area contributed by atoms with Crippen LogP contribution in [0.1, 0.15) is 18.5 Å². The summed E-state index contributed by atoms with van der Waals surface area (Å²) in [5.41, 5.74) is 3.91. The number of nitrogens with one attached hydrogen (secondary N) is 1. The Kier molecular flexibility index (Phi) is 3.68. The van der Waals surface area contributed by atoms with E-state index in [0.29, 0.717) is 12.3 Å². The molecule has 4 nitrogen and oxygen atoms in total.